The molecule has 3 aromatic rings. The number of aryl methyl sites for hydroxylation is 1. The summed E-state index contributed by atoms with van der Waals surface area (Å²) in [5.41, 5.74) is 1.99. The minimum Gasteiger partial charge on any atom is -0.329 e. The number of fused-ring (bicyclic) bond motifs is 1. The number of thioether (sulfide) groups is 1. The molecule has 2 heterocycles. The molecule has 0 fully saturated rings. The lowest BCUT2D eigenvalue weighted by Gasteiger charge is -2.02. The Hall–Kier alpha value is -1.93. The SMILES string of the molecule is Cn1c(=S)c2[nH]c(SCc3ccc(F)cc3)nc2n(C)c1=O. The summed E-state index contributed by atoms with van der Waals surface area (Å²) in [5, 5.41) is 0.673. The number of aromatic amines is 1. The predicted molar refractivity (Wildman–Crippen MR) is 87.1 cm³/mol. The maximum atomic E-state index is 12.9. The van der Waals surface area contributed by atoms with E-state index in [0.29, 0.717) is 26.7 Å². The van der Waals surface area contributed by atoms with Crippen LogP contribution in [0.2, 0.25) is 0 Å². The van der Waals surface area contributed by atoms with Crippen LogP contribution in [0.1, 0.15) is 5.56 Å². The summed E-state index contributed by atoms with van der Waals surface area (Å²) in [6.07, 6.45) is 0. The summed E-state index contributed by atoms with van der Waals surface area (Å²) in [7, 11) is 3.30. The summed E-state index contributed by atoms with van der Waals surface area (Å²) in [4.78, 5) is 19.6. The van der Waals surface area contributed by atoms with Gasteiger partial charge in [-0.15, -0.1) is 0 Å². The second-order valence-corrected chi connectivity index (χ2v) is 6.21. The Kier molecular flexibility index (Phi) is 3.88. The van der Waals surface area contributed by atoms with Gasteiger partial charge in [0.2, 0.25) is 0 Å². The quantitative estimate of drug-likeness (QED) is 0.590. The number of hydrogen-bond donors (Lipinski definition) is 1. The highest BCUT2D eigenvalue weighted by Crippen LogP contribution is 2.22. The molecule has 2 aromatic heterocycles. The molecule has 0 radical (unpaired) electrons. The fraction of sp³-hybridized carbons (Fsp3) is 0.214. The van der Waals surface area contributed by atoms with Gasteiger partial charge in [0, 0.05) is 19.8 Å². The van der Waals surface area contributed by atoms with Gasteiger partial charge in [0.25, 0.3) is 0 Å². The Balaban J connectivity index is 1.94. The monoisotopic (exact) mass is 336 g/mol. The Labute approximate surface area is 134 Å². The number of aromatic nitrogens is 4. The molecule has 0 bridgehead atoms. The van der Waals surface area contributed by atoms with Crippen LogP contribution in [0.5, 0.6) is 0 Å². The van der Waals surface area contributed by atoms with E-state index in [0.717, 1.165) is 5.56 Å². The summed E-state index contributed by atoms with van der Waals surface area (Å²) in [6.45, 7) is 0. The maximum absolute atomic E-state index is 12.9. The molecular formula is C14H13FN4OS2. The van der Waals surface area contributed by atoms with Crippen LogP contribution in [0.3, 0.4) is 0 Å². The van der Waals surface area contributed by atoms with Gasteiger partial charge in [-0.25, -0.2) is 14.2 Å². The Morgan fingerprint density at radius 3 is 2.64 bits per heavy atom. The number of imidazole rings is 1. The van der Waals surface area contributed by atoms with Gasteiger partial charge >= 0.3 is 5.69 Å². The minimum absolute atomic E-state index is 0.209. The Morgan fingerprint density at radius 1 is 1.27 bits per heavy atom. The topological polar surface area (TPSA) is 55.6 Å². The van der Waals surface area contributed by atoms with Crippen molar-refractivity contribution >= 4 is 35.1 Å². The lowest BCUT2D eigenvalue weighted by Crippen LogP contribution is -2.27. The van der Waals surface area contributed by atoms with Gasteiger partial charge in [-0.05, 0) is 17.7 Å². The lowest BCUT2D eigenvalue weighted by atomic mass is 10.2. The first kappa shape index (κ1) is 15.0. The van der Waals surface area contributed by atoms with Crippen LogP contribution in [0.25, 0.3) is 11.2 Å². The Bertz CT molecular complexity index is 956. The smallest absolute Gasteiger partial charge is 0.329 e. The van der Waals surface area contributed by atoms with Crippen molar-refractivity contribution in [3.63, 3.8) is 0 Å². The second-order valence-electron chi connectivity index (χ2n) is 4.86. The van der Waals surface area contributed by atoms with Crippen molar-refractivity contribution in [1.82, 2.24) is 19.1 Å². The molecular weight excluding hydrogens is 323 g/mol. The maximum Gasteiger partial charge on any atom is 0.330 e. The standard InChI is InChI=1S/C14H13FN4OS2/c1-18-11-10(12(21)19(2)14(18)20)16-13(17-11)22-7-8-3-5-9(15)6-4-8/h3-6H,7H2,1-2H3,(H,16,17). The third-order valence-electron chi connectivity index (χ3n) is 3.36. The third kappa shape index (κ3) is 2.59. The van der Waals surface area contributed by atoms with Crippen LogP contribution in [-0.4, -0.2) is 19.1 Å². The molecule has 8 heteroatoms. The first-order valence-electron chi connectivity index (χ1n) is 6.50. The molecule has 0 spiro atoms. The average molecular weight is 336 g/mol. The largest absolute Gasteiger partial charge is 0.330 e. The number of hydrogen-bond acceptors (Lipinski definition) is 4. The molecule has 5 nitrogen and oxygen atoms in total. The fourth-order valence-corrected chi connectivity index (χ4v) is 3.15. The van der Waals surface area contributed by atoms with Crippen molar-refractivity contribution in [1.29, 1.82) is 0 Å². The molecule has 22 heavy (non-hydrogen) atoms. The Morgan fingerprint density at radius 2 is 1.95 bits per heavy atom. The number of nitrogens with one attached hydrogen (secondary N) is 1. The predicted octanol–water partition coefficient (Wildman–Crippen LogP) is 2.76. The van der Waals surface area contributed by atoms with E-state index in [9.17, 15) is 9.18 Å². The molecule has 3 rings (SSSR count). The summed E-state index contributed by atoms with van der Waals surface area (Å²) < 4.78 is 16.2. The summed E-state index contributed by atoms with van der Waals surface area (Å²) in [6, 6.07) is 6.33. The zero-order chi connectivity index (χ0) is 15.9. The summed E-state index contributed by atoms with van der Waals surface area (Å²) >= 11 is 6.75. The first-order valence-corrected chi connectivity index (χ1v) is 7.89. The third-order valence-corrected chi connectivity index (χ3v) is 4.78. The molecule has 1 N–H and O–H groups in total. The lowest BCUT2D eigenvalue weighted by molar-refractivity contribution is 0.627. The summed E-state index contributed by atoms with van der Waals surface area (Å²) in [5.74, 6) is 0.392. The van der Waals surface area contributed by atoms with E-state index in [1.807, 2.05) is 0 Å². The molecule has 0 atom stereocenters. The van der Waals surface area contributed by atoms with Crippen LogP contribution in [0.15, 0.2) is 34.2 Å². The molecule has 0 aliphatic rings. The fourth-order valence-electron chi connectivity index (χ4n) is 2.11. The van der Waals surface area contributed by atoms with Crippen molar-refractivity contribution in [2.75, 3.05) is 0 Å². The van der Waals surface area contributed by atoms with Crippen LogP contribution < -0.4 is 5.69 Å². The van der Waals surface area contributed by atoms with E-state index in [-0.39, 0.29) is 11.5 Å². The van der Waals surface area contributed by atoms with Crippen LogP contribution >= 0.6 is 24.0 Å². The van der Waals surface area contributed by atoms with Gasteiger partial charge < -0.3 is 4.98 Å². The van der Waals surface area contributed by atoms with Crippen molar-refractivity contribution < 1.29 is 4.39 Å². The first-order chi connectivity index (χ1) is 10.5. The zero-order valence-corrected chi connectivity index (χ0v) is 13.6. The van der Waals surface area contributed by atoms with Gasteiger partial charge in [0.05, 0.1) is 0 Å². The average Bonchev–Trinajstić information content (AvgIpc) is 2.95. The van der Waals surface area contributed by atoms with Crippen molar-refractivity contribution in [2.24, 2.45) is 14.1 Å². The molecule has 114 valence electrons. The van der Waals surface area contributed by atoms with E-state index in [1.165, 1.54) is 33.0 Å². The van der Waals surface area contributed by atoms with E-state index in [4.69, 9.17) is 12.2 Å². The molecule has 0 unspecified atom stereocenters. The number of benzene rings is 1. The van der Waals surface area contributed by atoms with Crippen molar-refractivity contribution in [3.8, 4) is 0 Å². The van der Waals surface area contributed by atoms with Crippen LogP contribution in [0.4, 0.5) is 4.39 Å². The van der Waals surface area contributed by atoms with E-state index >= 15 is 0 Å². The molecule has 0 aliphatic carbocycles. The van der Waals surface area contributed by atoms with Gasteiger partial charge in [-0.2, -0.15) is 0 Å². The molecule has 0 amide bonds. The number of halogens is 1. The molecule has 0 saturated carbocycles. The van der Waals surface area contributed by atoms with Crippen molar-refractivity contribution in [3.05, 3.63) is 50.8 Å². The van der Waals surface area contributed by atoms with Crippen LogP contribution in [-0.2, 0) is 19.8 Å². The zero-order valence-electron chi connectivity index (χ0n) is 12.0. The van der Waals surface area contributed by atoms with Gasteiger partial charge in [-0.1, -0.05) is 36.1 Å². The number of nitrogens with zero attached hydrogens (tertiary/aromatic N) is 3. The molecule has 1 aromatic carbocycles. The van der Waals surface area contributed by atoms with Crippen molar-refractivity contribution in [2.45, 2.75) is 10.9 Å². The molecule has 0 saturated heterocycles. The highest BCUT2D eigenvalue weighted by atomic mass is 32.2. The normalized spacial score (nSPS) is 11.2. The highest BCUT2D eigenvalue weighted by Gasteiger charge is 2.11. The second kappa shape index (κ2) is 5.69. The van der Waals surface area contributed by atoms with E-state index in [2.05, 4.69) is 9.97 Å². The number of rotatable bonds is 3. The van der Waals surface area contributed by atoms with E-state index in [1.54, 1.807) is 26.2 Å². The highest BCUT2D eigenvalue weighted by molar-refractivity contribution is 7.98. The van der Waals surface area contributed by atoms with Crippen LogP contribution in [0, 0.1) is 10.5 Å². The minimum atomic E-state index is -0.254. The number of H-pyrrole nitrogens is 1. The molecule has 0 aliphatic heterocycles. The van der Waals surface area contributed by atoms with E-state index < -0.39 is 0 Å². The van der Waals surface area contributed by atoms with Gasteiger partial charge in [-0.3, -0.25) is 9.13 Å². The van der Waals surface area contributed by atoms with Gasteiger partial charge in [0.1, 0.15) is 16.0 Å². The van der Waals surface area contributed by atoms with Gasteiger partial charge in [0.15, 0.2) is 10.8 Å².